The molecule has 1 aromatic heterocycles. The number of sulfonamides is 1. The zero-order valence-corrected chi connectivity index (χ0v) is 16.2. The number of thiophene rings is 1. The molecule has 27 heavy (non-hydrogen) atoms. The number of benzene rings is 1. The molecule has 2 aromatic rings. The lowest BCUT2D eigenvalue weighted by atomic mass is 9.86. The first-order valence-electron chi connectivity index (χ1n) is 8.58. The summed E-state index contributed by atoms with van der Waals surface area (Å²) < 4.78 is 38.4. The molecule has 0 aliphatic carbocycles. The van der Waals surface area contributed by atoms with Crippen molar-refractivity contribution in [3.8, 4) is 0 Å². The fraction of sp³-hybridized carbons (Fsp3) is 0.389. The summed E-state index contributed by atoms with van der Waals surface area (Å²) >= 11 is 1.06. The number of rotatable bonds is 6. The lowest BCUT2D eigenvalue weighted by molar-refractivity contribution is -0.144. The van der Waals surface area contributed by atoms with Crippen LogP contribution in [-0.2, 0) is 24.3 Å². The number of ether oxygens (including phenoxy) is 2. The summed E-state index contributed by atoms with van der Waals surface area (Å²) in [4.78, 5) is 12.1. The predicted molar refractivity (Wildman–Crippen MR) is 97.6 cm³/mol. The van der Waals surface area contributed by atoms with Crippen molar-refractivity contribution in [3.05, 3.63) is 52.9 Å². The van der Waals surface area contributed by atoms with Gasteiger partial charge in [0.2, 0.25) is 0 Å². The van der Waals surface area contributed by atoms with E-state index in [4.69, 9.17) is 9.47 Å². The van der Waals surface area contributed by atoms with Gasteiger partial charge in [0.15, 0.2) is 0 Å². The lowest BCUT2D eigenvalue weighted by Gasteiger charge is -2.34. The van der Waals surface area contributed by atoms with E-state index in [0.717, 1.165) is 26.8 Å². The Kier molecular flexibility index (Phi) is 4.81. The molecule has 1 aromatic carbocycles. The summed E-state index contributed by atoms with van der Waals surface area (Å²) in [5.74, 6) is -0.666. The van der Waals surface area contributed by atoms with E-state index in [1.807, 2.05) is 24.3 Å². The third kappa shape index (κ3) is 2.99. The minimum absolute atomic E-state index is 0.107. The molecule has 1 saturated heterocycles. The number of fused-ring (bicyclic) bond motifs is 5. The van der Waals surface area contributed by atoms with Gasteiger partial charge < -0.3 is 14.6 Å². The highest BCUT2D eigenvalue weighted by Gasteiger charge is 2.56. The fourth-order valence-electron chi connectivity index (χ4n) is 3.75. The summed E-state index contributed by atoms with van der Waals surface area (Å²) in [6, 6.07) is 9.62. The molecule has 0 saturated carbocycles. The van der Waals surface area contributed by atoms with Crippen LogP contribution in [0.5, 0.6) is 0 Å². The Hall–Kier alpha value is -1.78. The largest absolute Gasteiger partial charge is 0.465 e. The van der Waals surface area contributed by atoms with E-state index < -0.39 is 46.9 Å². The van der Waals surface area contributed by atoms with Gasteiger partial charge in [-0.1, -0.05) is 30.3 Å². The van der Waals surface area contributed by atoms with Crippen molar-refractivity contribution in [1.29, 1.82) is 0 Å². The van der Waals surface area contributed by atoms with Crippen LogP contribution in [0.3, 0.4) is 0 Å². The molecule has 2 aliphatic rings. The second-order valence-electron chi connectivity index (χ2n) is 6.37. The first-order valence-corrected chi connectivity index (χ1v) is 10.9. The van der Waals surface area contributed by atoms with Crippen molar-refractivity contribution in [2.45, 2.75) is 35.5 Å². The molecule has 1 fully saturated rings. The SMILES string of the molecule is CCOC(=O)CN([C@H]1[C@H](O)[C@@H]2O[C@H]1c1ccccc12)S(=O)(=O)c1cccs1. The molecule has 3 heterocycles. The van der Waals surface area contributed by atoms with Crippen molar-refractivity contribution in [2.75, 3.05) is 13.2 Å². The van der Waals surface area contributed by atoms with Gasteiger partial charge in [0, 0.05) is 0 Å². The van der Waals surface area contributed by atoms with Gasteiger partial charge in [-0.3, -0.25) is 4.79 Å². The molecular weight excluding hydrogens is 390 g/mol. The molecular formula is C18H19NO6S2. The van der Waals surface area contributed by atoms with Crippen LogP contribution in [0.15, 0.2) is 46.0 Å². The third-order valence-electron chi connectivity index (χ3n) is 4.85. The summed E-state index contributed by atoms with van der Waals surface area (Å²) in [5, 5.41) is 12.5. The first kappa shape index (κ1) is 18.6. The maximum Gasteiger partial charge on any atom is 0.321 e. The summed E-state index contributed by atoms with van der Waals surface area (Å²) in [6.45, 7) is 1.32. The maximum absolute atomic E-state index is 13.2. The standard InChI is InChI=1S/C18H19NO6S2/c1-2-24-13(20)10-19(27(22,23)14-8-5-9-26-14)15-16(21)18-12-7-4-3-6-11(12)17(15)25-18/h3-9,15-18,21H,2,10H2,1H3/t15-,16-,17-,18+/m0/s1. The molecule has 1 N–H and O–H groups in total. The second kappa shape index (κ2) is 6.99. The normalized spacial score (nSPS) is 26.3. The average Bonchev–Trinajstić information content (AvgIpc) is 3.36. The van der Waals surface area contributed by atoms with Crippen LogP contribution in [0.2, 0.25) is 0 Å². The van der Waals surface area contributed by atoms with Gasteiger partial charge in [0.05, 0.1) is 12.6 Å². The minimum Gasteiger partial charge on any atom is -0.465 e. The molecule has 0 amide bonds. The highest BCUT2D eigenvalue weighted by Crippen LogP contribution is 2.53. The van der Waals surface area contributed by atoms with Crippen molar-refractivity contribution in [2.24, 2.45) is 0 Å². The molecule has 4 atom stereocenters. The number of hydrogen-bond donors (Lipinski definition) is 1. The lowest BCUT2D eigenvalue weighted by Crippen LogP contribution is -2.51. The average molecular weight is 409 g/mol. The highest BCUT2D eigenvalue weighted by molar-refractivity contribution is 7.91. The summed E-state index contributed by atoms with van der Waals surface area (Å²) in [7, 11) is -4.00. The Morgan fingerprint density at radius 3 is 2.56 bits per heavy atom. The minimum atomic E-state index is -4.00. The smallest absolute Gasteiger partial charge is 0.321 e. The van der Waals surface area contributed by atoms with Crippen molar-refractivity contribution >= 4 is 27.3 Å². The zero-order valence-electron chi connectivity index (χ0n) is 14.5. The van der Waals surface area contributed by atoms with Crippen molar-refractivity contribution < 1.29 is 27.8 Å². The number of aliphatic hydroxyl groups excluding tert-OH is 1. The molecule has 2 aliphatic heterocycles. The van der Waals surface area contributed by atoms with Crippen LogP contribution < -0.4 is 0 Å². The van der Waals surface area contributed by atoms with Gasteiger partial charge >= 0.3 is 5.97 Å². The van der Waals surface area contributed by atoms with Gasteiger partial charge in [-0.2, -0.15) is 4.31 Å². The van der Waals surface area contributed by atoms with Crippen molar-refractivity contribution in [3.63, 3.8) is 0 Å². The molecule has 0 unspecified atom stereocenters. The number of carbonyl (C=O) groups excluding carboxylic acids is 1. The van der Waals surface area contributed by atoms with E-state index in [1.54, 1.807) is 18.4 Å². The fourth-order valence-corrected chi connectivity index (χ4v) is 6.45. The van der Waals surface area contributed by atoms with Crippen LogP contribution in [-0.4, -0.2) is 49.1 Å². The van der Waals surface area contributed by atoms with Crippen molar-refractivity contribution in [1.82, 2.24) is 4.31 Å². The Bertz CT molecular complexity index is 943. The van der Waals surface area contributed by atoms with Crippen LogP contribution in [0.25, 0.3) is 0 Å². The molecule has 144 valence electrons. The predicted octanol–water partition coefficient (Wildman–Crippen LogP) is 1.86. The number of aliphatic hydroxyl groups is 1. The van der Waals surface area contributed by atoms with Gasteiger partial charge in [0.25, 0.3) is 10.0 Å². The van der Waals surface area contributed by atoms with E-state index in [2.05, 4.69) is 0 Å². The molecule has 9 heteroatoms. The Labute approximate surface area is 161 Å². The number of hydrogen-bond acceptors (Lipinski definition) is 7. The highest BCUT2D eigenvalue weighted by atomic mass is 32.2. The topological polar surface area (TPSA) is 93.1 Å². The second-order valence-corrected chi connectivity index (χ2v) is 9.44. The van der Waals surface area contributed by atoms with Crippen LogP contribution in [0.1, 0.15) is 30.3 Å². The van der Waals surface area contributed by atoms with Gasteiger partial charge in [-0.25, -0.2) is 8.42 Å². The van der Waals surface area contributed by atoms with Gasteiger partial charge in [0.1, 0.15) is 29.1 Å². The number of nitrogens with zero attached hydrogens (tertiary/aromatic N) is 1. The number of esters is 1. The van der Waals surface area contributed by atoms with Crippen LogP contribution >= 0.6 is 11.3 Å². The molecule has 4 rings (SSSR count). The first-order chi connectivity index (χ1) is 12.9. The summed E-state index contributed by atoms with van der Waals surface area (Å²) in [5.41, 5.74) is 1.70. The maximum atomic E-state index is 13.2. The van der Waals surface area contributed by atoms with Crippen LogP contribution in [0, 0.1) is 0 Å². The van der Waals surface area contributed by atoms with Gasteiger partial charge in [-0.15, -0.1) is 11.3 Å². The quantitative estimate of drug-likeness (QED) is 0.732. The van der Waals surface area contributed by atoms with E-state index in [9.17, 15) is 18.3 Å². The van der Waals surface area contributed by atoms with E-state index in [0.29, 0.717) is 0 Å². The monoisotopic (exact) mass is 409 g/mol. The Morgan fingerprint density at radius 2 is 1.93 bits per heavy atom. The third-order valence-corrected chi connectivity index (χ3v) is 8.07. The molecule has 0 spiro atoms. The molecule has 2 bridgehead atoms. The molecule has 0 radical (unpaired) electrons. The van der Waals surface area contributed by atoms with E-state index in [-0.39, 0.29) is 10.8 Å². The molecule has 7 nitrogen and oxygen atoms in total. The Balaban J connectivity index is 1.75. The number of carbonyl (C=O) groups is 1. The summed E-state index contributed by atoms with van der Waals surface area (Å²) in [6.07, 6.45) is -2.32. The Morgan fingerprint density at radius 1 is 1.22 bits per heavy atom. The zero-order chi connectivity index (χ0) is 19.2. The van der Waals surface area contributed by atoms with Gasteiger partial charge in [-0.05, 0) is 29.5 Å². The van der Waals surface area contributed by atoms with E-state index >= 15 is 0 Å². The van der Waals surface area contributed by atoms with Crippen LogP contribution in [0.4, 0.5) is 0 Å². The van der Waals surface area contributed by atoms with E-state index in [1.165, 1.54) is 6.07 Å².